The van der Waals surface area contributed by atoms with Gasteiger partial charge in [-0.2, -0.15) is 4.57 Å². The monoisotopic (exact) mass is 807 g/mol. The molecular weight excluding hydrogens is 749 g/mol. The van der Waals surface area contributed by atoms with E-state index in [4.69, 9.17) is 19.3 Å². The number of nitrogens with zero attached hydrogens (tertiary/aromatic N) is 5. The summed E-state index contributed by atoms with van der Waals surface area (Å²) in [5.41, 5.74) is 5.31. The molecule has 2 N–H and O–H groups in total. The first-order chi connectivity index (χ1) is 27.1. The van der Waals surface area contributed by atoms with Crippen LogP contribution in [0.4, 0.5) is 11.4 Å². The topological polar surface area (TPSA) is 111 Å². The molecule has 4 aromatic rings. The average molecular weight is 808 g/mol. The normalized spacial score (nSPS) is 14.0. The Morgan fingerprint density at radius 3 is 2.09 bits per heavy atom. The third-order valence-corrected chi connectivity index (χ3v) is 11.9. The lowest BCUT2D eigenvalue weighted by Crippen LogP contribution is -2.38. The molecule has 0 saturated carbocycles. The summed E-state index contributed by atoms with van der Waals surface area (Å²) < 4.78 is 48.5. The zero-order chi connectivity index (χ0) is 39.9. The highest BCUT2D eigenvalue weighted by atomic mass is 32.2. The molecule has 0 spiro atoms. The fraction of sp³-hybridized carbons (Fsp3) is 0.452. The maximum absolute atomic E-state index is 13.3. The van der Waals surface area contributed by atoms with Gasteiger partial charge in [-0.05, 0) is 96.1 Å². The Hall–Kier alpha value is -3.70. The molecule has 0 radical (unpaired) electrons. The summed E-state index contributed by atoms with van der Waals surface area (Å²) in [6, 6.07) is 24.5. The van der Waals surface area contributed by atoms with Crippen molar-refractivity contribution in [3.8, 4) is 0 Å². The van der Waals surface area contributed by atoms with Gasteiger partial charge < -0.3 is 34.0 Å². The maximum Gasteiger partial charge on any atom is 0.263 e. The fourth-order valence-corrected chi connectivity index (χ4v) is 8.64. The van der Waals surface area contributed by atoms with E-state index in [0.29, 0.717) is 26.4 Å². The number of thiazole rings is 1. The van der Waals surface area contributed by atoms with Gasteiger partial charge in [0.25, 0.3) is 5.01 Å². The number of hydrogen-bond acceptors (Lipinski definition) is 11. The zero-order valence-electron chi connectivity index (χ0n) is 33.5. The van der Waals surface area contributed by atoms with Gasteiger partial charge >= 0.3 is 0 Å². The second-order valence-electron chi connectivity index (χ2n) is 14.2. The first-order valence-corrected chi connectivity index (χ1v) is 21.6. The van der Waals surface area contributed by atoms with Crippen LogP contribution >= 0.6 is 11.3 Å². The van der Waals surface area contributed by atoms with E-state index in [1.807, 2.05) is 13.1 Å². The van der Waals surface area contributed by atoms with Crippen LogP contribution in [-0.2, 0) is 31.3 Å². The van der Waals surface area contributed by atoms with Crippen molar-refractivity contribution in [2.75, 3.05) is 112 Å². The van der Waals surface area contributed by atoms with E-state index in [1.54, 1.807) is 23.5 Å². The lowest BCUT2D eigenvalue weighted by Gasteiger charge is -2.40. The van der Waals surface area contributed by atoms with E-state index in [-0.39, 0.29) is 31.3 Å². The number of aryl methyl sites for hydroxylation is 1. The summed E-state index contributed by atoms with van der Waals surface area (Å²) in [5, 5.41) is 9.75. The molecule has 3 aromatic carbocycles. The van der Waals surface area contributed by atoms with Crippen LogP contribution in [-0.4, -0.2) is 135 Å². The van der Waals surface area contributed by atoms with Gasteiger partial charge in [0.05, 0.1) is 56.8 Å². The molecule has 0 bridgehead atoms. The summed E-state index contributed by atoms with van der Waals surface area (Å²) in [7, 11) is 6.73. The van der Waals surface area contributed by atoms with Gasteiger partial charge in [-0.15, -0.1) is 0 Å². The van der Waals surface area contributed by atoms with Crippen molar-refractivity contribution in [2.45, 2.75) is 17.7 Å². The zero-order valence-corrected chi connectivity index (χ0v) is 35.2. The smallest absolute Gasteiger partial charge is 0.263 e. The first-order valence-electron chi connectivity index (χ1n) is 19.3. The van der Waals surface area contributed by atoms with Gasteiger partial charge in [0.15, 0.2) is 0 Å². The lowest BCUT2D eigenvalue weighted by atomic mass is 9.97. The van der Waals surface area contributed by atoms with E-state index in [0.717, 1.165) is 82.6 Å². The minimum Gasteiger partial charge on any atom is -0.394 e. The molecular formula is C42H59N6O6S2+. The number of allylic oxidation sites excluding steroid dienone is 2. The Morgan fingerprint density at radius 1 is 0.804 bits per heavy atom. The number of aliphatic hydroxyl groups is 1. The second kappa shape index (κ2) is 21.7. The number of ether oxygens (including phenoxy) is 3. The third kappa shape index (κ3) is 12.2. The molecule has 12 nitrogen and oxygen atoms in total. The molecule has 1 aliphatic heterocycles. The Kier molecular flexibility index (Phi) is 16.8. The van der Waals surface area contributed by atoms with Gasteiger partial charge in [0, 0.05) is 43.0 Å². The molecule has 14 heteroatoms. The number of hydrogen-bond donors (Lipinski definition) is 2. The molecule has 1 aromatic heterocycles. The van der Waals surface area contributed by atoms with Crippen molar-refractivity contribution in [1.82, 2.24) is 19.4 Å². The molecule has 0 amide bonds. The minimum atomic E-state index is -3.76. The Morgan fingerprint density at radius 2 is 1.43 bits per heavy atom. The summed E-state index contributed by atoms with van der Waals surface area (Å²) in [5.74, 6) is 1.14. The SMILES string of the molecule is CN(C)CCCN(CCCN(C)C)C1=C/C(=C/c2sc3ccc(S(=O)(=O)NCCOCCOCCOCCO)cc3[n+]2C)c2ccccc2N1c1ccccc1. The number of fused-ring (bicyclic) bond motifs is 2. The molecule has 0 saturated heterocycles. The number of benzene rings is 3. The summed E-state index contributed by atoms with van der Waals surface area (Å²) in [6.45, 7) is 5.99. The number of aromatic nitrogens is 1. The number of rotatable bonds is 24. The van der Waals surface area contributed by atoms with Crippen LogP contribution in [0, 0.1) is 0 Å². The molecule has 0 unspecified atom stereocenters. The van der Waals surface area contributed by atoms with E-state index in [1.165, 1.54) is 0 Å². The predicted molar refractivity (Wildman–Crippen MR) is 227 cm³/mol. The summed E-state index contributed by atoms with van der Waals surface area (Å²) in [4.78, 5) is 9.62. The Bertz CT molecular complexity index is 1990. The number of anilines is 2. The highest BCUT2D eigenvalue weighted by molar-refractivity contribution is 7.89. The molecule has 56 heavy (non-hydrogen) atoms. The highest BCUT2D eigenvalue weighted by Gasteiger charge is 2.29. The summed E-state index contributed by atoms with van der Waals surface area (Å²) in [6.07, 6.45) is 6.63. The molecule has 304 valence electrons. The first kappa shape index (κ1) is 43.4. The molecule has 2 heterocycles. The molecule has 0 aliphatic carbocycles. The largest absolute Gasteiger partial charge is 0.394 e. The number of nitrogens with one attached hydrogen (secondary N) is 1. The molecule has 0 atom stereocenters. The Labute approximate surface area is 337 Å². The van der Waals surface area contributed by atoms with Crippen LogP contribution in [0.25, 0.3) is 21.9 Å². The lowest BCUT2D eigenvalue weighted by molar-refractivity contribution is -0.642. The Balaban J connectivity index is 1.40. The van der Waals surface area contributed by atoms with Gasteiger partial charge in [0.2, 0.25) is 15.5 Å². The summed E-state index contributed by atoms with van der Waals surface area (Å²) >= 11 is 1.64. The maximum atomic E-state index is 13.3. The van der Waals surface area contributed by atoms with Crippen LogP contribution in [0.1, 0.15) is 23.4 Å². The van der Waals surface area contributed by atoms with Crippen LogP contribution in [0.2, 0.25) is 0 Å². The predicted octanol–water partition coefficient (Wildman–Crippen LogP) is 4.79. The van der Waals surface area contributed by atoms with Crippen LogP contribution in [0.15, 0.2) is 89.6 Å². The highest BCUT2D eigenvalue weighted by Crippen LogP contribution is 2.43. The van der Waals surface area contributed by atoms with E-state index < -0.39 is 10.0 Å². The number of para-hydroxylation sites is 2. The van der Waals surface area contributed by atoms with Gasteiger partial charge in [0.1, 0.15) is 17.6 Å². The number of aliphatic hydroxyl groups excluding tert-OH is 1. The van der Waals surface area contributed by atoms with E-state index in [2.05, 4.69) is 124 Å². The van der Waals surface area contributed by atoms with Gasteiger partial charge in [-0.25, -0.2) is 13.1 Å². The molecule has 0 fully saturated rings. The van der Waals surface area contributed by atoms with E-state index >= 15 is 0 Å². The standard InChI is InChI=1S/C42H59N6O6S2/c1-44(2)20-11-22-47(23-12-21-45(3)4)41-31-34(37-15-9-10-16-38(37)48(41)35-13-7-6-8-14-35)32-42-46(5)39-33-36(17-18-40(39)55-42)56(50,51)43-19-25-52-27-29-54-30-28-53-26-24-49/h6-10,13-18,31-33,43,49H,11-12,19-30H2,1-5H3/q+1. The third-order valence-electron chi connectivity index (χ3n) is 9.32. The van der Waals surface area contributed by atoms with Crippen molar-refractivity contribution in [2.24, 2.45) is 7.05 Å². The van der Waals surface area contributed by atoms with Crippen molar-refractivity contribution in [1.29, 1.82) is 0 Å². The average Bonchev–Trinajstić information content (AvgIpc) is 3.49. The number of sulfonamides is 1. The molecule has 5 rings (SSSR count). The fourth-order valence-electron chi connectivity index (χ4n) is 6.52. The van der Waals surface area contributed by atoms with Gasteiger partial charge in [-0.3, -0.25) is 4.90 Å². The van der Waals surface area contributed by atoms with Crippen molar-refractivity contribution in [3.05, 3.63) is 95.3 Å². The minimum absolute atomic E-state index is 0.0180. The van der Waals surface area contributed by atoms with Crippen molar-refractivity contribution < 1.29 is 32.3 Å². The van der Waals surface area contributed by atoms with Gasteiger partial charge in [-0.1, -0.05) is 47.7 Å². The second-order valence-corrected chi connectivity index (χ2v) is 17.0. The van der Waals surface area contributed by atoms with Crippen LogP contribution in [0.3, 0.4) is 0 Å². The van der Waals surface area contributed by atoms with E-state index in [9.17, 15) is 8.42 Å². The van der Waals surface area contributed by atoms with Crippen molar-refractivity contribution in [3.63, 3.8) is 0 Å². The van der Waals surface area contributed by atoms with Crippen LogP contribution in [0.5, 0.6) is 0 Å². The van der Waals surface area contributed by atoms with Crippen LogP contribution < -0.4 is 14.2 Å². The molecule has 1 aliphatic rings. The van der Waals surface area contributed by atoms with Crippen molar-refractivity contribution >= 4 is 54.6 Å². The quantitative estimate of drug-likeness (QED) is 0.0759.